The SMILES string of the molecule is C=C(/C=C\C(=C/C)c1ccccc1N(/C(=C/C)c1ccccc1C(=C)c1ccccc1)c1ccccc1-c1ccccc1N(c1ccc(-c2cccc3ccccc23)cc1)c1ccc2c(ccc3cc(-c4cccc5sc6ccccc6c45)ccc32)c1)c1ccccc1. The smallest absolute Gasteiger partial charge is 0.0541 e. The molecule has 0 bridgehead atoms. The Bertz CT molecular complexity index is 5450. The van der Waals surface area contributed by atoms with Crippen LogP contribution in [-0.2, 0) is 0 Å². The van der Waals surface area contributed by atoms with Gasteiger partial charge in [0.15, 0.2) is 0 Å². The molecule has 0 saturated carbocycles. The molecule has 0 N–H and O–H groups in total. The topological polar surface area (TPSA) is 6.48 Å². The van der Waals surface area contributed by atoms with Crippen LogP contribution in [0.5, 0.6) is 0 Å². The fourth-order valence-electron chi connectivity index (χ4n) is 13.6. The van der Waals surface area contributed by atoms with Gasteiger partial charge in [-0.3, -0.25) is 0 Å². The van der Waals surface area contributed by atoms with E-state index in [0.29, 0.717) is 0 Å². The molecule has 0 aliphatic carbocycles. The highest BCUT2D eigenvalue weighted by molar-refractivity contribution is 7.26. The Morgan fingerprint density at radius 3 is 1.63 bits per heavy atom. The Kier molecular flexibility index (Phi) is 15.7. The van der Waals surface area contributed by atoms with E-state index in [4.69, 9.17) is 6.58 Å². The Labute approximate surface area is 548 Å². The molecule has 93 heavy (non-hydrogen) atoms. The molecule has 15 rings (SSSR count). The van der Waals surface area contributed by atoms with Crippen LogP contribution in [0.4, 0.5) is 28.4 Å². The van der Waals surface area contributed by atoms with Crippen molar-refractivity contribution >= 4 is 115 Å². The second-order valence-electron chi connectivity index (χ2n) is 23.5. The molecule has 0 spiro atoms. The molecule has 0 saturated heterocycles. The summed E-state index contributed by atoms with van der Waals surface area (Å²) in [5.41, 5.74) is 21.4. The van der Waals surface area contributed by atoms with Gasteiger partial charge in [0.2, 0.25) is 0 Å². The van der Waals surface area contributed by atoms with Crippen LogP contribution in [0, 0.1) is 0 Å². The lowest BCUT2D eigenvalue weighted by molar-refractivity contribution is 1.26. The van der Waals surface area contributed by atoms with E-state index in [-0.39, 0.29) is 0 Å². The summed E-state index contributed by atoms with van der Waals surface area (Å²) in [6.07, 6.45) is 8.80. The van der Waals surface area contributed by atoms with Crippen molar-refractivity contribution in [3.63, 3.8) is 0 Å². The Morgan fingerprint density at radius 2 is 0.882 bits per heavy atom. The van der Waals surface area contributed by atoms with E-state index in [1.807, 2.05) is 17.4 Å². The van der Waals surface area contributed by atoms with Gasteiger partial charge >= 0.3 is 0 Å². The molecule has 0 aliphatic heterocycles. The summed E-state index contributed by atoms with van der Waals surface area (Å²) in [6.45, 7) is 13.6. The summed E-state index contributed by atoms with van der Waals surface area (Å²) < 4.78 is 2.62. The zero-order chi connectivity index (χ0) is 62.8. The maximum Gasteiger partial charge on any atom is 0.0541 e. The first-order chi connectivity index (χ1) is 45.9. The molecular formula is C90H66N2S. The molecule has 0 radical (unpaired) electrons. The van der Waals surface area contributed by atoms with Gasteiger partial charge in [0, 0.05) is 59.5 Å². The molecule has 15 aromatic rings. The van der Waals surface area contributed by atoms with Crippen LogP contribution in [0.3, 0.4) is 0 Å². The molecule has 2 nitrogen and oxygen atoms in total. The number of thiophene rings is 1. The monoisotopic (exact) mass is 1210 g/mol. The van der Waals surface area contributed by atoms with Crippen molar-refractivity contribution in [3.8, 4) is 33.4 Å². The van der Waals surface area contributed by atoms with Gasteiger partial charge in [-0.2, -0.15) is 0 Å². The molecule has 442 valence electrons. The predicted octanol–water partition coefficient (Wildman–Crippen LogP) is 25.9. The summed E-state index contributed by atoms with van der Waals surface area (Å²) in [5, 5.41) is 9.87. The third kappa shape index (κ3) is 10.9. The molecule has 0 aliphatic rings. The Balaban J connectivity index is 0.904. The maximum atomic E-state index is 4.78. The summed E-state index contributed by atoms with van der Waals surface area (Å²) in [5.74, 6) is 0. The highest BCUT2D eigenvalue weighted by Crippen LogP contribution is 2.50. The average molecular weight is 1210 g/mol. The second kappa shape index (κ2) is 25.3. The number of allylic oxidation sites excluding steroid dienone is 6. The van der Waals surface area contributed by atoms with Gasteiger partial charge in [-0.25, -0.2) is 0 Å². The molecule has 0 fully saturated rings. The minimum atomic E-state index is 0.937. The fraction of sp³-hybridized carbons (Fsp3) is 0.0222. The lowest BCUT2D eigenvalue weighted by Crippen LogP contribution is -2.19. The number of anilines is 5. The molecular weight excluding hydrogens is 1140 g/mol. The normalized spacial score (nSPS) is 11.9. The van der Waals surface area contributed by atoms with Crippen molar-refractivity contribution in [3.05, 3.63) is 381 Å². The Hall–Kier alpha value is -11.6. The van der Waals surface area contributed by atoms with Crippen molar-refractivity contribution in [2.24, 2.45) is 0 Å². The summed E-state index contributed by atoms with van der Waals surface area (Å²) >= 11 is 1.86. The molecule has 0 atom stereocenters. The van der Waals surface area contributed by atoms with E-state index < -0.39 is 0 Å². The standard InChI is InChI=1S/C90H66N2S/c1-5-63(48-47-61(3)64-27-9-7-10-28-64)78-35-17-21-42-85(78)92(84(6-2)80-36-16-15-33-73(80)62(4)65-29-11-8-12-30-65)87-44-23-19-38-82(87)81-37-18-22-43-86(81)91(71-54-51-67(52-55-71)75-40-25-32-66-31-13-14-34-74(66)75)72-56-58-77-70(60-72)50-49-68-59-69(53-57-76(68)77)79-41-26-46-89-90(79)83-39-20-24-45-88(83)93-89/h5-60H,3-4H2,1-2H3/b48-47-,63-5+,84-6+. The van der Waals surface area contributed by atoms with E-state index in [0.717, 1.165) is 101 Å². The van der Waals surface area contributed by atoms with Gasteiger partial charge in [-0.15, -0.1) is 11.3 Å². The first-order valence-electron chi connectivity index (χ1n) is 31.8. The number of fused-ring (bicyclic) bond motifs is 7. The van der Waals surface area contributed by atoms with Gasteiger partial charge in [0.05, 0.1) is 17.1 Å². The fourth-order valence-corrected chi connectivity index (χ4v) is 14.8. The van der Waals surface area contributed by atoms with Crippen LogP contribution in [0.25, 0.3) is 108 Å². The van der Waals surface area contributed by atoms with Crippen LogP contribution in [0.1, 0.15) is 41.7 Å². The molecule has 14 aromatic carbocycles. The van der Waals surface area contributed by atoms with E-state index in [1.165, 1.54) is 63.8 Å². The summed E-state index contributed by atoms with van der Waals surface area (Å²) in [6, 6.07) is 115. The maximum absolute atomic E-state index is 4.78. The van der Waals surface area contributed by atoms with Gasteiger partial charge in [0.1, 0.15) is 0 Å². The number of benzene rings is 14. The van der Waals surface area contributed by atoms with Crippen molar-refractivity contribution in [2.75, 3.05) is 9.80 Å². The highest BCUT2D eigenvalue weighted by atomic mass is 32.1. The lowest BCUT2D eigenvalue weighted by Gasteiger charge is -2.34. The molecule has 0 unspecified atom stereocenters. The third-order valence-electron chi connectivity index (χ3n) is 18.1. The zero-order valence-electron chi connectivity index (χ0n) is 52.0. The minimum absolute atomic E-state index is 0.937. The number of nitrogens with zero attached hydrogens (tertiary/aromatic N) is 2. The number of hydrogen-bond donors (Lipinski definition) is 0. The molecule has 3 heteroatoms. The van der Waals surface area contributed by atoms with Crippen molar-refractivity contribution in [2.45, 2.75) is 13.8 Å². The van der Waals surface area contributed by atoms with Crippen LogP contribution in [0.2, 0.25) is 0 Å². The predicted molar refractivity (Wildman–Crippen MR) is 404 cm³/mol. The third-order valence-corrected chi connectivity index (χ3v) is 19.3. The van der Waals surface area contributed by atoms with Crippen molar-refractivity contribution < 1.29 is 0 Å². The average Bonchev–Trinajstić information content (AvgIpc) is 1.90. The minimum Gasteiger partial charge on any atom is -0.310 e. The van der Waals surface area contributed by atoms with Gasteiger partial charge in [-0.05, 0) is 162 Å². The number of rotatable bonds is 16. The molecule has 1 heterocycles. The molecule has 0 amide bonds. The first kappa shape index (κ1) is 57.8. The highest BCUT2D eigenvalue weighted by Gasteiger charge is 2.27. The summed E-state index contributed by atoms with van der Waals surface area (Å²) in [4.78, 5) is 4.93. The van der Waals surface area contributed by atoms with Gasteiger partial charge in [-0.1, -0.05) is 292 Å². The lowest BCUT2D eigenvalue weighted by atomic mass is 9.91. The van der Waals surface area contributed by atoms with Crippen molar-refractivity contribution in [1.82, 2.24) is 0 Å². The number of para-hydroxylation sites is 3. The van der Waals surface area contributed by atoms with Crippen LogP contribution in [0.15, 0.2) is 353 Å². The van der Waals surface area contributed by atoms with Crippen LogP contribution < -0.4 is 9.80 Å². The number of hydrogen-bond acceptors (Lipinski definition) is 3. The van der Waals surface area contributed by atoms with Gasteiger partial charge in [0.25, 0.3) is 0 Å². The quantitative estimate of drug-likeness (QED) is 0.0703. The van der Waals surface area contributed by atoms with Crippen molar-refractivity contribution in [1.29, 1.82) is 0 Å². The van der Waals surface area contributed by atoms with E-state index in [1.54, 1.807) is 0 Å². The summed E-state index contributed by atoms with van der Waals surface area (Å²) in [7, 11) is 0. The largest absolute Gasteiger partial charge is 0.310 e. The van der Waals surface area contributed by atoms with E-state index in [2.05, 4.69) is 364 Å². The Morgan fingerprint density at radius 1 is 0.344 bits per heavy atom. The van der Waals surface area contributed by atoms with E-state index >= 15 is 0 Å². The van der Waals surface area contributed by atoms with Crippen LogP contribution in [-0.4, -0.2) is 0 Å². The van der Waals surface area contributed by atoms with Gasteiger partial charge < -0.3 is 9.80 Å². The molecule has 1 aromatic heterocycles. The van der Waals surface area contributed by atoms with E-state index in [9.17, 15) is 0 Å². The zero-order valence-corrected chi connectivity index (χ0v) is 52.9. The van der Waals surface area contributed by atoms with Crippen LogP contribution >= 0.6 is 11.3 Å². The second-order valence-corrected chi connectivity index (χ2v) is 24.6. The first-order valence-corrected chi connectivity index (χ1v) is 32.6.